The van der Waals surface area contributed by atoms with Crippen LogP contribution in [-0.4, -0.2) is 40.9 Å². The molecule has 2 bridgehead atoms. The zero-order valence-electron chi connectivity index (χ0n) is 19.2. The largest absolute Gasteiger partial charge is 0.385 e. The van der Waals surface area contributed by atoms with Crippen LogP contribution >= 0.6 is 0 Å². The van der Waals surface area contributed by atoms with Gasteiger partial charge in [0.25, 0.3) is 0 Å². The van der Waals surface area contributed by atoms with E-state index in [-0.39, 0.29) is 0 Å². The van der Waals surface area contributed by atoms with Crippen LogP contribution in [0.2, 0.25) is 0 Å². The van der Waals surface area contributed by atoms with Crippen LogP contribution in [0, 0.1) is 5.92 Å². The highest BCUT2D eigenvalue weighted by atomic mass is 16.2. The third-order valence-corrected chi connectivity index (χ3v) is 7.93. The van der Waals surface area contributed by atoms with Crippen LogP contribution in [-0.2, 0) is 17.9 Å². The molecule has 170 valence electrons. The number of anilines is 1. The van der Waals surface area contributed by atoms with Crippen molar-refractivity contribution in [2.24, 2.45) is 5.92 Å². The summed E-state index contributed by atoms with van der Waals surface area (Å²) in [5.41, 5.74) is 3.81. The van der Waals surface area contributed by atoms with Crippen molar-refractivity contribution in [1.82, 2.24) is 9.80 Å². The van der Waals surface area contributed by atoms with Gasteiger partial charge in [-0.2, -0.15) is 0 Å². The van der Waals surface area contributed by atoms with Crippen LogP contribution in [0.1, 0.15) is 62.5 Å². The van der Waals surface area contributed by atoms with Gasteiger partial charge in [0.2, 0.25) is 5.91 Å². The van der Waals surface area contributed by atoms with Gasteiger partial charge in [-0.1, -0.05) is 67.8 Å². The Kier molecular flexibility index (Phi) is 6.77. The predicted molar refractivity (Wildman–Crippen MR) is 130 cm³/mol. The number of hydrogen-bond donors (Lipinski definition) is 1. The van der Waals surface area contributed by atoms with Crippen molar-refractivity contribution in [3.8, 4) is 0 Å². The minimum Gasteiger partial charge on any atom is -0.385 e. The third-order valence-electron chi connectivity index (χ3n) is 7.93. The zero-order chi connectivity index (χ0) is 21.8. The smallest absolute Gasteiger partial charge is 0.222 e. The van der Waals surface area contributed by atoms with E-state index < -0.39 is 0 Å². The molecule has 1 saturated heterocycles. The molecule has 4 heteroatoms. The van der Waals surface area contributed by atoms with Gasteiger partial charge in [0.05, 0.1) is 0 Å². The number of carbonyl (C=O) groups is 1. The molecule has 1 aliphatic carbocycles. The van der Waals surface area contributed by atoms with E-state index in [4.69, 9.17) is 0 Å². The van der Waals surface area contributed by atoms with E-state index in [9.17, 15) is 4.79 Å². The number of amides is 1. The molecular weight excluding hydrogens is 394 g/mol. The molecule has 2 atom stereocenters. The topological polar surface area (TPSA) is 35.6 Å². The highest BCUT2D eigenvalue weighted by Gasteiger charge is 2.35. The molecule has 0 aromatic heterocycles. The van der Waals surface area contributed by atoms with E-state index in [1.165, 1.54) is 48.9 Å². The number of rotatable bonds is 5. The predicted octanol–water partition coefficient (Wildman–Crippen LogP) is 5.44. The lowest BCUT2D eigenvalue weighted by atomic mass is 9.82. The summed E-state index contributed by atoms with van der Waals surface area (Å²) in [5, 5.41) is 3.69. The molecule has 0 radical (unpaired) electrons. The van der Waals surface area contributed by atoms with Gasteiger partial charge in [0, 0.05) is 50.4 Å². The molecule has 0 spiro atoms. The minimum atomic E-state index is 0.342. The monoisotopic (exact) mass is 431 g/mol. The van der Waals surface area contributed by atoms with Gasteiger partial charge in [0.15, 0.2) is 0 Å². The van der Waals surface area contributed by atoms with E-state index in [0.717, 1.165) is 38.4 Å². The van der Waals surface area contributed by atoms with E-state index in [2.05, 4.69) is 69.7 Å². The minimum absolute atomic E-state index is 0.342. The summed E-state index contributed by atoms with van der Waals surface area (Å²) in [6.45, 7) is 3.52. The van der Waals surface area contributed by atoms with Crippen molar-refractivity contribution in [3.05, 3.63) is 65.7 Å². The molecule has 2 fully saturated rings. The number of fused-ring (bicyclic) bond motifs is 3. The van der Waals surface area contributed by atoms with E-state index in [1.54, 1.807) is 0 Å². The quantitative estimate of drug-likeness (QED) is 0.684. The van der Waals surface area contributed by atoms with Crippen molar-refractivity contribution in [2.45, 2.75) is 76.5 Å². The summed E-state index contributed by atoms with van der Waals surface area (Å²) >= 11 is 0. The van der Waals surface area contributed by atoms with Gasteiger partial charge in [-0.05, 0) is 48.8 Å². The molecule has 1 amide bonds. The van der Waals surface area contributed by atoms with Crippen molar-refractivity contribution in [1.29, 1.82) is 0 Å². The molecule has 0 unspecified atom stereocenters. The molecule has 1 saturated carbocycles. The highest BCUT2D eigenvalue weighted by molar-refractivity contribution is 5.76. The van der Waals surface area contributed by atoms with Crippen LogP contribution in [0.15, 0.2) is 54.6 Å². The summed E-state index contributed by atoms with van der Waals surface area (Å²) in [4.78, 5) is 18.3. The number of para-hydroxylation sites is 1. The van der Waals surface area contributed by atoms with E-state index >= 15 is 0 Å². The Morgan fingerprint density at radius 2 is 1.69 bits per heavy atom. The highest BCUT2D eigenvalue weighted by Crippen LogP contribution is 2.33. The summed E-state index contributed by atoms with van der Waals surface area (Å²) in [6, 6.07) is 20.4. The fourth-order valence-electron chi connectivity index (χ4n) is 5.76. The molecule has 32 heavy (non-hydrogen) atoms. The Bertz CT molecular complexity index is 895. The van der Waals surface area contributed by atoms with E-state index in [0.29, 0.717) is 31.0 Å². The van der Waals surface area contributed by atoms with Gasteiger partial charge in [-0.3, -0.25) is 9.69 Å². The SMILES string of the molecule is O=C(CCC1CCC1)N1Cc2ccccc2NCC[C@@H]2CC[C@H](C1)N2Cc1ccccc1. The average Bonchev–Trinajstić information content (AvgIpc) is 3.13. The van der Waals surface area contributed by atoms with E-state index in [1.807, 2.05) is 0 Å². The fraction of sp³-hybridized carbons (Fsp3) is 0.536. The van der Waals surface area contributed by atoms with Crippen molar-refractivity contribution in [3.63, 3.8) is 0 Å². The molecule has 2 aliphatic heterocycles. The zero-order valence-corrected chi connectivity index (χ0v) is 19.2. The molecule has 2 heterocycles. The van der Waals surface area contributed by atoms with Crippen LogP contribution < -0.4 is 5.32 Å². The Hall–Kier alpha value is -2.33. The molecule has 4 nitrogen and oxygen atoms in total. The van der Waals surface area contributed by atoms with Crippen molar-refractivity contribution >= 4 is 11.6 Å². The van der Waals surface area contributed by atoms with Crippen molar-refractivity contribution < 1.29 is 4.79 Å². The third kappa shape index (κ3) is 5.01. The van der Waals surface area contributed by atoms with Gasteiger partial charge in [0.1, 0.15) is 0 Å². The first-order valence-electron chi connectivity index (χ1n) is 12.7. The van der Waals surface area contributed by atoms with Gasteiger partial charge in [-0.25, -0.2) is 0 Å². The maximum absolute atomic E-state index is 13.4. The normalized spacial score (nSPS) is 24.2. The fourth-order valence-corrected chi connectivity index (χ4v) is 5.76. The number of nitrogens with zero attached hydrogens (tertiary/aromatic N) is 2. The number of nitrogens with one attached hydrogen (secondary N) is 1. The molecule has 2 aromatic rings. The Balaban J connectivity index is 1.37. The second-order valence-electron chi connectivity index (χ2n) is 10.0. The Morgan fingerprint density at radius 1 is 0.906 bits per heavy atom. The standard InChI is InChI=1S/C28H37N3O/c32-28(16-13-22-9-6-10-22)30-20-24-11-4-5-12-27(24)29-18-17-25-14-15-26(21-30)31(25)19-23-7-2-1-3-8-23/h1-5,7-8,11-12,22,25-26,29H,6,9-10,13-21H2/t25-,26+/m0/s1. The number of benzene rings is 2. The van der Waals surface area contributed by atoms with Crippen LogP contribution in [0.3, 0.4) is 0 Å². The maximum atomic E-state index is 13.4. The lowest BCUT2D eigenvalue weighted by Crippen LogP contribution is -2.44. The molecule has 2 aromatic carbocycles. The first-order valence-corrected chi connectivity index (χ1v) is 12.7. The van der Waals surface area contributed by atoms with Crippen molar-refractivity contribution in [2.75, 3.05) is 18.4 Å². The van der Waals surface area contributed by atoms with Gasteiger partial charge >= 0.3 is 0 Å². The average molecular weight is 432 g/mol. The van der Waals surface area contributed by atoms with Gasteiger partial charge in [-0.15, -0.1) is 0 Å². The van der Waals surface area contributed by atoms with Gasteiger partial charge < -0.3 is 10.2 Å². The molecule has 5 rings (SSSR count). The first-order chi connectivity index (χ1) is 15.8. The van der Waals surface area contributed by atoms with Crippen LogP contribution in [0.25, 0.3) is 0 Å². The summed E-state index contributed by atoms with van der Waals surface area (Å²) in [7, 11) is 0. The lowest BCUT2D eigenvalue weighted by Gasteiger charge is -2.34. The maximum Gasteiger partial charge on any atom is 0.222 e. The van der Waals surface area contributed by atoms with Crippen LogP contribution in [0.5, 0.6) is 0 Å². The first kappa shape index (κ1) is 21.5. The summed E-state index contributed by atoms with van der Waals surface area (Å²) < 4.78 is 0. The van der Waals surface area contributed by atoms with Crippen LogP contribution in [0.4, 0.5) is 5.69 Å². The molecule has 1 N–H and O–H groups in total. The second kappa shape index (κ2) is 10.1. The Labute approximate surface area is 193 Å². The molecular formula is C28H37N3O. The Morgan fingerprint density at radius 3 is 2.50 bits per heavy atom. The number of hydrogen-bond acceptors (Lipinski definition) is 3. The second-order valence-corrected chi connectivity index (χ2v) is 10.0. The number of carbonyl (C=O) groups excluding carboxylic acids is 1. The summed E-state index contributed by atoms with van der Waals surface area (Å²) in [6.07, 6.45) is 9.30. The lowest BCUT2D eigenvalue weighted by molar-refractivity contribution is -0.133. The summed E-state index contributed by atoms with van der Waals surface area (Å²) in [5.74, 6) is 1.12. The molecule has 3 aliphatic rings.